The predicted octanol–water partition coefficient (Wildman–Crippen LogP) is 1.63. The Morgan fingerprint density at radius 2 is 2.15 bits per heavy atom. The molecule has 1 saturated heterocycles. The molecule has 0 bridgehead atoms. The Bertz CT molecular complexity index is 980. The van der Waals surface area contributed by atoms with Crippen molar-refractivity contribution >= 4 is 31.6 Å². The first-order chi connectivity index (χ1) is 12.3. The number of aromatic nitrogens is 2. The lowest BCUT2D eigenvalue weighted by Crippen LogP contribution is -2.48. The van der Waals surface area contributed by atoms with Crippen LogP contribution in [-0.4, -0.2) is 37.3 Å². The SMILES string of the molecule is Cn1ncc(N2CCCC(NS(=O)(=O)c3cccc(F)c3)C2)c(Br)c1=O. The topological polar surface area (TPSA) is 84.3 Å². The van der Waals surface area contributed by atoms with E-state index in [2.05, 4.69) is 25.8 Å². The summed E-state index contributed by atoms with van der Waals surface area (Å²) in [6.07, 6.45) is 2.98. The Hall–Kier alpha value is -1.78. The molecule has 1 N–H and O–H groups in total. The molecule has 1 aliphatic rings. The number of hydrogen-bond donors (Lipinski definition) is 1. The first kappa shape index (κ1) is 19.0. The van der Waals surface area contributed by atoms with E-state index in [0.717, 1.165) is 12.5 Å². The first-order valence-electron chi connectivity index (χ1n) is 8.02. The minimum absolute atomic E-state index is 0.106. The molecule has 1 aromatic carbocycles. The second-order valence-electron chi connectivity index (χ2n) is 6.14. The van der Waals surface area contributed by atoms with E-state index in [4.69, 9.17) is 0 Å². The van der Waals surface area contributed by atoms with E-state index in [1.54, 1.807) is 13.2 Å². The summed E-state index contributed by atoms with van der Waals surface area (Å²) in [7, 11) is -2.26. The molecule has 2 heterocycles. The molecule has 0 aliphatic carbocycles. The minimum atomic E-state index is -3.82. The fourth-order valence-electron chi connectivity index (χ4n) is 2.94. The van der Waals surface area contributed by atoms with Gasteiger partial charge in [-0.1, -0.05) is 6.07 Å². The van der Waals surface area contributed by atoms with E-state index >= 15 is 0 Å². The zero-order valence-electron chi connectivity index (χ0n) is 14.0. The molecular formula is C16H18BrFN4O3S. The molecule has 1 aromatic heterocycles. The Kier molecular flexibility index (Phi) is 5.44. The maximum atomic E-state index is 13.3. The highest BCUT2D eigenvalue weighted by molar-refractivity contribution is 9.10. The van der Waals surface area contributed by atoms with Gasteiger partial charge in [0, 0.05) is 26.2 Å². The van der Waals surface area contributed by atoms with Crippen molar-refractivity contribution in [2.75, 3.05) is 18.0 Å². The summed E-state index contributed by atoms with van der Waals surface area (Å²) in [6, 6.07) is 4.55. The van der Waals surface area contributed by atoms with Crippen LogP contribution in [0.1, 0.15) is 12.8 Å². The Morgan fingerprint density at radius 1 is 1.38 bits per heavy atom. The average Bonchev–Trinajstić information content (AvgIpc) is 2.60. The number of anilines is 1. The van der Waals surface area contributed by atoms with Gasteiger partial charge in [-0.2, -0.15) is 5.10 Å². The van der Waals surface area contributed by atoms with E-state index in [9.17, 15) is 17.6 Å². The van der Waals surface area contributed by atoms with Crippen molar-refractivity contribution in [3.63, 3.8) is 0 Å². The summed E-state index contributed by atoms with van der Waals surface area (Å²) in [5.74, 6) is -0.603. The predicted molar refractivity (Wildman–Crippen MR) is 99.1 cm³/mol. The zero-order valence-corrected chi connectivity index (χ0v) is 16.4. The van der Waals surface area contributed by atoms with Crippen LogP contribution in [0, 0.1) is 5.82 Å². The van der Waals surface area contributed by atoms with Gasteiger partial charge in [0.15, 0.2) is 0 Å². The van der Waals surface area contributed by atoms with Gasteiger partial charge in [-0.25, -0.2) is 22.2 Å². The van der Waals surface area contributed by atoms with Crippen LogP contribution in [0.5, 0.6) is 0 Å². The molecule has 7 nitrogen and oxygen atoms in total. The number of nitrogens with zero attached hydrogens (tertiary/aromatic N) is 3. The van der Waals surface area contributed by atoms with E-state index in [-0.39, 0.29) is 16.5 Å². The summed E-state index contributed by atoms with van der Waals surface area (Å²) < 4.78 is 42.6. The molecule has 1 unspecified atom stereocenters. The molecule has 0 radical (unpaired) electrons. The zero-order chi connectivity index (χ0) is 18.9. The Morgan fingerprint density at radius 3 is 2.88 bits per heavy atom. The van der Waals surface area contributed by atoms with Gasteiger partial charge in [0.2, 0.25) is 10.0 Å². The van der Waals surface area contributed by atoms with Crippen LogP contribution in [0.25, 0.3) is 0 Å². The Labute approximate surface area is 159 Å². The quantitative estimate of drug-likeness (QED) is 0.774. The maximum Gasteiger partial charge on any atom is 0.282 e. The molecule has 10 heteroatoms. The van der Waals surface area contributed by atoms with E-state index in [1.807, 2.05) is 4.90 Å². The standard InChI is InChI=1S/C16H18BrFN4O3S/c1-21-16(23)15(17)14(9-19-21)22-7-3-5-12(10-22)20-26(24,25)13-6-2-4-11(18)8-13/h2,4,6,8-9,12,20H,3,5,7,10H2,1H3. The first-order valence-corrected chi connectivity index (χ1v) is 10.3. The van der Waals surface area contributed by atoms with E-state index in [0.29, 0.717) is 29.7 Å². The molecular weight excluding hydrogens is 427 g/mol. The lowest BCUT2D eigenvalue weighted by molar-refractivity contribution is 0.464. The fraction of sp³-hybridized carbons (Fsp3) is 0.375. The summed E-state index contributed by atoms with van der Waals surface area (Å²) in [5, 5.41) is 4.02. The third-order valence-electron chi connectivity index (χ3n) is 4.25. The van der Waals surface area contributed by atoms with Crippen molar-refractivity contribution in [2.45, 2.75) is 23.8 Å². The van der Waals surface area contributed by atoms with Gasteiger partial charge >= 0.3 is 0 Å². The van der Waals surface area contributed by atoms with Crippen LogP contribution in [0.4, 0.5) is 10.1 Å². The molecule has 26 heavy (non-hydrogen) atoms. The number of benzene rings is 1. The largest absolute Gasteiger partial charge is 0.368 e. The van der Waals surface area contributed by atoms with Crippen LogP contribution in [0.3, 0.4) is 0 Å². The summed E-state index contributed by atoms with van der Waals surface area (Å²) in [6.45, 7) is 1.08. The lowest BCUT2D eigenvalue weighted by atomic mass is 10.1. The molecule has 0 amide bonds. The summed E-state index contributed by atoms with van der Waals surface area (Å²) in [4.78, 5) is 13.9. The molecule has 140 valence electrons. The normalized spacial score (nSPS) is 18.1. The van der Waals surface area contributed by atoms with Crippen molar-refractivity contribution in [3.05, 3.63) is 51.1 Å². The average molecular weight is 445 g/mol. The van der Waals surface area contributed by atoms with Gasteiger partial charge in [0.05, 0.1) is 16.8 Å². The number of sulfonamides is 1. The van der Waals surface area contributed by atoms with Gasteiger partial charge in [-0.3, -0.25) is 4.79 Å². The van der Waals surface area contributed by atoms with Crippen molar-refractivity contribution in [1.29, 1.82) is 0 Å². The van der Waals surface area contributed by atoms with Crippen molar-refractivity contribution < 1.29 is 12.8 Å². The van der Waals surface area contributed by atoms with Crippen LogP contribution in [0.15, 0.2) is 44.6 Å². The Balaban J connectivity index is 1.79. The van der Waals surface area contributed by atoms with Crippen LogP contribution < -0.4 is 15.2 Å². The molecule has 2 aromatic rings. The maximum absolute atomic E-state index is 13.3. The van der Waals surface area contributed by atoms with Gasteiger partial charge in [0.1, 0.15) is 10.3 Å². The third-order valence-corrected chi connectivity index (χ3v) is 6.51. The van der Waals surface area contributed by atoms with E-state index < -0.39 is 15.8 Å². The number of nitrogens with one attached hydrogen (secondary N) is 1. The number of piperidine rings is 1. The molecule has 1 fully saturated rings. The van der Waals surface area contributed by atoms with Crippen molar-refractivity contribution in [1.82, 2.24) is 14.5 Å². The molecule has 1 atom stereocenters. The molecule has 0 saturated carbocycles. The second-order valence-corrected chi connectivity index (χ2v) is 8.64. The van der Waals surface area contributed by atoms with Gasteiger partial charge < -0.3 is 4.90 Å². The highest BCUT2D eigenvalue weighted by Crippen LogP contribution is 2.25. The van der Waals surface area contributed by atoms with E-state index in [1.165, 1.54) is 22.9 Å². The number of aryl methyl sites for hydroxylation is 1. The fourth-order valence-corrected chi connectivity index (χ4v) is 4.84. The second kappa shape index (κ2) is 7.45. The van der Waals surface area contributed by atoms with Gasteiger partial charge in [0.25, 0.3) is 5.56 Å². The minimum Gasteiger partial charge on any atom is -0.368 e. The van der Waals surface area contributed by atoms with Crippen molar-refractivity contribution in [3.8, 4) is 0 Å². The monoisotopic (exact) mass is 444 g/mol. The van der Waals surface area contributed by atoms with Crippen molar-refractivity contribution in [2.24, 2.45) is 7.05 Å². The summed E-state index contributed by atoms with van der Waals surface area (Å²) in [5.41, 5.74) is 0.368. The van der Waals surface area contributed by atoms with Crippen LogP contribution in [0.2, 0.25) is 0 Å². The van der Waals surface area contributed by atoms with Crippen LogP contribution >= 0.6 is 15.9 Å². The highest BCUT2D eigenvalue weighted by Gasteiger charge is 2.27. The lowest BCUT2D eigenvalue weighted by Gasteiger charge is -2.34. The molecule has 0 spiro atoms. The number of halogens is 2. The smallest absolute Gasteiger partial charge is 0.282 e. The van der Waals surface area contributed by atoms with Gasteiger partial charge in [-0.15, -0.1) is 0 Å². The molecule has 3 rings (SSSR count). The van der Waals surface area contributed by atoms with Gasteiger partial charge in [-0.05, 0) is 47.0 Å². The molecule has 1 aliphatic heterocycles. The number of hydrogen-bond acceptors (Lipinski definition) is 5. The number of rotatable bonds is 4. The third kappa shape index (κ3) is 3.97. The van der Waals surface area contributed by atoms with Crippen LogP contribution in [-0.2, 0) is 17.1 Å². The summed E-state index contributed by atoms with van der Waals surface area (Å²) >= 11 is 3.30. The highest BCUT2D eigenvalue weighted by atomic mass is 79.9.